The number of hydrogen-bond donors (Lipinski definition) is 1. The van der Waals surface area contributed by atoms with Crippen LogP contribution in [0, 0.1) is 12.8 Å². The number of hydrogen-bond acceptors (Lipinski definition) is 6. The number of benzene rings is 3. The minimum Gasteiger partial charge on any atom is -0.507 e. The number of aliphatic hydroxyl groups is 1. The summed E-state index contributed by atoms with van der Waals surface area (Å²) < 4.78 is 10.7. The summed E-state index contributed by atoms with van der Waals surface area (Å²) >= 11 is 12.5. The zero-order valence-corrected chi connectivity index (χ0v) is 23.3. The first-order valence-electron chi connectivity index (χ1n) is 12.2. The summed E-state index contributed by atoms with van der Waals surface area (Å²) in [4.78, 5) is 40.6. The first-order chi connectivity index (χ1) is 18.5. The number of halogens is 2. The van der Waals surface area contributed by atoms with E-state index in [2.05, 4.69) is 0 Å². The SMILES string of the molecule is COc1c(Cl)cc(Cl)cc1/C(O)=C1\C(=O)C(=O)N(c2ccc(C(=O)OCC(C)C)cc2)C1c1cccc(C)c1. The van der Waals surface area contributed by atoms with Crippen LogP contribution < -0.4 is 9.64 Å². The molecule has 39 heavy (non-hydrogen) atoms. The molecule has 1 saturated heterocycles. The Bertz CT molecular complexity index is 1480. The number of Topliss-reactive ketones (excluding diaryl/α,β-unsaturated/α-hetero) is 1. The van der Waals surface area contributed by atoms with E-state index in [0.717, 1.165) is 5.56 Å². The van der Waals surface area contributed by atoms with Crippen molar-refractivity contribution in [2.45, 2.75) is 26.8 Å². The lowest BCUT2D eigenvalue weighted by atomic mass is 9.94. The summed E-state index contributed by atoms with van der Waals surface area (Å²) in [5.41, 5.74) is 2.09. The van der Waals surface area contributed by atoms with Gasteiger partial charge < -0.3 is 14.6 Å². The van der Waals surface area contributed by atoms with Crippen LogP contribution in [-0.2, 0) is 14.3 Å². The molecule has 0 saturated carbocycles. The summed E-state index contributed by atoms with van der Waals surface area (Å²) in [5.74, 6) is -2.41. The van der Waals surface area contributed by atoms with E-state index in [1.165, 1.54) is 36.3 Å². The molecule has 1 fully saturated rings. The van der Waals surface area contributed by atoms with Crippen molar-refractivity contribution in [3.63, 3.8) is 0 Å². The van der Waals surface area contributed by atoms with Gasteiger partial charge in [-0.1, -0.05) is 66.9 Å². The van der Waals surface area contributed by atoms with Crippen molar-refractivity contribution in [3.05, 3.63) is 98.5 Å². The number of methoxy groups -OCH3 is 1. The summed E-state index contributed by atoms with van der Waals surface area (Å²) in [5, 5.41) is 11.8. The largest absolute Gasteiger partial charge is 0.507 e. The molecule has 0 aliphatic carbocycles. The second-order valence-electron chi connectivity index (χ2n) is 9.59. The van der Waals surface area contributed by atoms with Crippen molar-refractivity contribution < 1.29 is 29.0 Å². The highest BCUT2D eigenvalue weighted by Gasteiger charge is 2.47. The lowest BCUT2D eigenvalue weighted by Gasteiger charge is -2.26. The van der Waals surface area contributed by atoms with Crippen LogP contribution in [0.15, 0.2) is 66.2 Å². The highest BCUT2D eigenvalue weighted by Crippen LogP contribution is 2.45. The predicted molar refractivity (Wildman–Crippen MR) is 151 cm³/mol. The highest BCUT2D eigenvalue weighted by atomic mass is 35.5. The Morgan fingerprint density at radius 2 is 1.74 bits per heavy atom. The predicted octanol–water partition coefficient (Wildman–Crippen LogP) is 6.75. The third-order valence-electron chi connectivity index (χ3n) is 6.20. The van der Waals surface area contributed by atoms with Crippen LogP contribution in [0.25, 0.3) is 5.76 Å². The molecule has 1 aliphatic heterocycles. The number of carbonyl (C=O) groups excluding carboxylic acids is 3. The highest BCUT2D eigenvalue weighted by molar-refractivity contribution is 6.52. The van der Waals surface area contributed by atoms with E-state index in [1.54, 1.807) is 24.3 Å². The van der Waals surface area contributed by atoms with Crippen molar-refractivity contribution in [2.75, 3.05) is 18.6 Å². The number of anilines is 1. The first kappa shape index (κ1) is 28.2. The number of rotatable bonds is 7. The smallest absolute Gasteiger partial charge is 0.338 e. The Hall–Kier alpha value is -3.81. The quantitative estimate of drug-likeness (QED) is 0.147. The molecule has 0 spiro atoms. The van der Waals surface area contributed by atoms with Gasteiger partial charge in [0.1, 0.15) is 11.5 Å². The number of ketones is 1. The molecule has 1 amide bonds. The topological polar surface area (TPSA) is 93.1 Å². The van der Waals surface area contributed by atoms with E-state index in [4.69, 9.17) is 32.7 Å². The van der Waals surface area contributed by atoms with Crippen LogP contribution in [-0.4, -0.2) is 36.5 Å². The fraction of sp³-hybridized carbons (Fsp3) is 0.233. The van der Waals surface area contributed by atoms with Gasteiger partial charge in [-0.3, -0.25) is 14.5 Å². The van der Waals surface area contributed by atoms with Crippen molar-refractivity contribution in [3.8, 4) is 5.75 Å². The summed E-state index contributed by atoms with van der Waals surface area (Å²) in [6.45, 7) is 6.03. The van der Waals surface area contributed by atoms with E-state index in [0.29, 0.717) is 16.8 Å². The summed E-state index contributed by atoms with van der Waals surface area (Å²) in [6, 6.07) is 15.4. The number of aryl methyl sites for hydroxylation is 1. The molecule has 0 aromatic heterocycles. The normalized spacial score (nSPS) is 16.6. The number of carbonyl (C=O) groups is 3. The minimum absolute atomic E-state index is 0.0777. The van der Waals surface area contributed by atoms with Gasteiger partial charge in [0.25, 0.3) is 11.7 Å². The van der Waals surface area contributed by atoms with E-state index in [1.807, 2.05) is 32.9 Å². The average Bonchev–Trinajstić information content (AvgIpc) is 3.16. The standard InChI is InChI=1S/C30H27Cl2NO6/c1-16(2)15-39-30(37)18-8-10-21(11-9-18)33-25(19-7-5-6-17(3)12-19)24(27(35)29(33)36)26(34)22-13-20(31)14-23(32)28(22)38-4/h5-14,16,25,34H,15H2,1-4H3/b26-24+. The number of aliphatic hydroxyl groups excluding tert-OH is 1. The van der Waals surface area contributed by atoms with Gasteiger partial charge in [-0.05, 0) is 54.8 Å². The Balaban J connectivity index is 1.87. The molecule has 1 heterocycles. The van der Waals surface area contributed by atoms with E-state index < -0.39 is 29.5 Å². The molecule has 7 nitrogen and oxygen atoms in total. The van der Waals surface area contributed by atoms with Crippen molar-refractivity contribution >= 4 is 52.3 Å². The number of nitrogens with zero attached hydrogens (tertiary/aromatic N) is 1. The molecule has 1 aliphatic rings. The maximum atomic E-state index is 13.5. The van der Waals surface area contributed by atoms with Gasteiger partial charge in [0.2, 0.25) is 0 Å². The fourth-order valence-electron chi connectivity index (χ4n) is 4.43. The van der Waals surface area contributed by atoms with E-state index >= 15 is 0 Å². The van der Waals surface area contributed by atoms with Gasteiger partial charge in [0.15, 0.2) is 0 Å². The van der Waals surface area contributed by atoms with Gasteiger partial charge in [-0.15, -0.1) is 0 Å². The zero-order valence-electron chi connectivity index (χ0n) is 21.8. The van der Waals surface area contributed by atoms with Gasteiger partial charge >= 0.3 is 5.97 Å². The summed E-state index contributed by atoms with van der Waals surface area (Å²) in [6.07, 6.45) is 0. The van der Waals surface area contributed by atoms with Crippen molar-refractivity contribution in [2.24, 2.45) is 5.92 Å². The number of amides is 1. The summed E-state index contributed by atoms with van der Waals surface area (Å²) in [7, 11) is 1.37. The Morgan fingerprint density at radius 1 is 1.05 bits per heavy atom. The van der Waals surface area contributed by atoms with Crippen molar-refractivity contribution in [1.82, 2.24) is 0 Å². The maximum absolute atomic E-state index is 13.5. The molecular weight excluding hydrogens is 541 g/mol. The molecular formula is C30H27Cl2NO6. The molecule has 1 unspecified atom stereocenters. The van der Waals surface area contributed by atoms with E-state index in [-0.39, 0.29) is 39.5 Å². The first-order valence-corrected chi connectivity index (χ1v) is 13.0. The number of ether oxygens (including phenoxy) is 2. The second-order valence-corrected chi connectivity index (χ2v) is 10.4. The Kier molecular flexibility index (Phi) is 8.33. The maximum Gasteiger partial charge on any atom is 0.338 e. The van der Waals surface area contributed by atoms with Crippen LogP contribution in [0.1, 0.15) is 46.9 Å². The lowest BCUT2D eigenvalue weighted by Crippen LogP contribution is -2.29. The van der Waals surface area contributed by atoms with Crippen LogP contribution >= 0.6 is 23.2 Å². The molecule has 3 aromatic rings. The Morgan fingerprint density at radius 3 is 2.36 bits per heavy atom. The van der Waals surface area contributed by atoms with Crippen LogP contribution in [0.5, 0.6) is 5.75 Å². The second kappa shape index (κ2) is 11.5. The average molecular weight is 568 g/mol. The van der Waals surface area contributed by atoms with Gasteiger partial charge in [0.05, 0.1) is 41.5 Å². The third-order valence-corrected chi connectivity index (χ3v) is 6.70. The molecule has 1 N–H and O–H groups in total. The zero-order chi connectivity index (χ0) is 28.4. The molecule has 202 valence electrons. The molecule has 0 bridgehead atoms. The van der Waals surface area contributed by atoms with Gasteiger partial charge in [-0.2, -0.15) is 0 Å². The lowest BCUT2D eigenvalue weighted by molar-refractivity contribution is -0.132. The molecule has 4 rings (SSSR count). The monoisotopic (exact) mass is 567 g/mol. The minimum atomic E-state index is -0.980. The molecule has 9 heteroatoms. The molecule has 1 atom stereocenters. The van der Waals surface area contributed by atoms with Crippen molar-refractivity contribution in [1.29, 1.82) is 0 Å². The van der Waals surface area contributed by atoms with Crippen LogP contribution in [0.3, 0.4) is 0 Å². The van der Waals surface area contributed by atoms with E-state index in [9.17, 15) is 19.5 Å². The fourth-order valence-corrected chi connectivity index (χ4v) is 5.00. The van der Waals surface area contributed by atoms with Gasteiger partial charge in [0, 0.05) is 10.7 Å². The molecule has 0 radical (unpaired) electrons. The van der Waals surface area contributed by atoms with Gasteiger partial charge in [-0.25, -0.2) is 4.79 Å². The van der Waals surface area contributed by atoms with Crippen LogP contribution in [0.2, 0.25) is 10.0 Å². The number of esters is 1. The Labute approximate surface area is 236 Å². The third kappa shape index (κ3) is 5.65. The van der Waals surface area contributed by atoms with Crippen LogP contribution in [0.4, 0.5) is 5.69 Å². The molecule has 3 aromatic carbocycles.